The maximum atomic E-state index is 12.7. The summed E-state index contributed by atoms with van der Waals surface area (Å²) in [7, 11) is 0. The van der Waals surface area contributed by atoms with Gasteiger partial charge in [0.15, 0.2) is 0 Å². The number of ether oxygens (including phenoxy) is 1. The number of hydrogen-bond acceptors (Lipinski definition) is 6. The minimum Gasteiger partial charge on any atom is -0.487 e. The number of hydrogen-bond donors (Lipinski definition) is 1. The Labute approximate surface area is 199 Å². The summed E-state index contributed by atoms with van der Waals surface area (Å²) in [5, 5.41) is 14.0. The Kier molecular flexibility index (Phi) is 6.59. The van der Waals surface area contributed by atoms with E-state index in [0.29, 0.717) is 19.7 Å². The van der Waals surface area contributed by atoms with E-state index in [9.17, 15) is 10.1 Å². The third kappa shape index (κ3) is 4.82. The van der Waals surface area contributed by atoms with E-state index in [-0.39, 0.29) is 18.0 Å². The van der Waals surface area contributed by atoms with Crippen LogP contribution in [0.4, 0.5) is 5.69 Å². The monoisotopic (exact) mass is 455 g/mol. The van der Waals surface area contributed by atoms with Crippen LogP contribution in [-0.2, 0) is 11.4 Å². The van der Waals surface area contributed by atoms with E-state index in [1.807, 2.05) is 42.5 Å². The molecule has 0 bridgehead atoms. The number of benzene rings is 2. The van der Waals surface area contributed by atoms with E-state index in [1.54, 1.807) is 11.1 Å². The van der Waals surface area contributed by atoms with Gasteiger partial charge < -0.3 is 15.0 Å². The van der Waals surface area contributed by atoms with Crippen molar-refractivity contribution in [2.75, 3.05) is 31.5 Å². The highest BCUT2D eigenvalue weighted by Crippen LogP contribution is 2.31. The third-order valence-corrected chi connectivity index (χ3v) is 6.68. The summed E-state index contributed by atoms with van der Waals surface area (Å²) in [6.45, 7) is 3.23. The van der Waals surface area contributed by atoms with Crippen LogP contribution in [0.2, 0.25) is 0 Å². The molecule has 7 nitrogen and oxygen atoms in total. The molecule has 2 saturated heterocycles. The maximum absolute atomic E-state index is 12.7. The van der Waals surface area contributed by atoms with Gasteiger partial charge >= 0.3 is 0 Å². The number of carbonyl (C=O) groups is 1. The van der Waals surface area contributed by atoms with E-state index < -0.39 is 0 Å². The molecule has 2 aromatic carbocycles. The second-order valence-electron chi connectivity index (χ2n) is 9.02. The molecule has 7 heteroatoms. The number of nitrogens with one attached hydrogen (secondary N) is 1. The van der Waals surface area contributed by atoms with Crippen molar-refractivity contribution >= 4 is 22.5 Å². The topological polar surface area (TPSA) is 81.5 Å². The molecular weight excluding hydrogens is 426 g/mol. The number of fused-ring (bicyclic) bond motifs is 1. The number of nitriles is 1. The number of likely N-dealkylation sites (tertiary alicyclic amines) is 2. The lowest BCUT2D eigenvalue weighted by Gasteiger charge is -2.23. The van der Waals surface area contributed by atoms with Gasteiger partial charge in [0.05, 0.1) is 12.6 Å². The Morgan fingerprint density at radius 1 is 1.12 bits per heavy atom. The van der Waals surface area contributed by atoms with Gasteiger partial charge in [-0.3, -0.25) is 14.7 Å². The normalized spacial score (nSPS) is 20.4. The number of anilines is 1. The molecule has 2 fully saturated rings. The molecule has 3 aromatic rings. The van der Waals surface area contributed by atoms with Gasteiger partial charge in [-0.05, 0) is 49.1 Å². The van der Waals surface area contributed by atoms with Gasteiger partial charge in [0, 0.05) is 42.9 Å². The summed E-state index contributed by atoms with van der Waals surface area (Å²) in [6, 6.07) is 20.4. The quantitative estimate of drug-likeness (QED) is 0.583. The fourth-order valence-electron chi connectivity index (χ4n) is 4.92. The van der Waals surface area contributed by atoms with E-state index in [4.69, 9.17) is 4.74 Å². The van der Waals surface area contributed by atoms with Crippen LogP contribution in [0.3, 0.4) is 0 Å². The van der Waals surface area contributed by atoms with Gasteiger partial charge in [-0.2, -0.15) is 5.26 Å². The van der Waals surface area contributed by atoms with E-state index in [1.165, 1.54) is 0 Å². The van der Waals surface area contributed by atoms with Crippen molar-refractivity contribution in [2.24, 2.45) is 0 Å². The molecule has 34 heavy (non-hydrogen) atoms. The molecule has 2 atom stereocenters. The third-order valence-electron chi connectivity index (χ3n) is 6.68. The van der Waals surface area contributed by atoms with Crippen molar-refractivity contribution in [3.8, 4) is 11.8 Å². The summed E-state index contributed by atoms with van der Waals surface area (Å²) in [4.78, 5) is 21.2. The van der Waals surface area contributed by atoms with Crippen LogP contribution in [0.5, 0.6) is 5.75 Å². The molecule has 1 N–H and O–H groups in total. The Hall–Kier alpha value is -3.63. The van der Waals surface area contributed by atoms with E-state index in [0.717, 1.165) is 60.3 Å². The zero-order valence-corrected chi connectivity index (χ0v) is 19.2. The Balaban J connectivity index is 1.23. The fraction of sp³-hybridized carbons (Fsp3) is 0.370. The average Bonchev–Trinajstić information content (AvgIpc) is 3.53. The van der Waals surface area contributed by atoms with E-state index >= 15 is 0 Å². The number of carbonyl (C=O) groups excluding carboxylic acids is 1. The number of nitrogens with zero attached hydrogens (tertiary/aromatic N) is 4. The van der Waals surface area contributed by atoms with E-state index in [2.05, 4.69) is 33.4 Å². The van der Waals surface area contributed by atoms with Crippen molar-refractivity contribution < 1.29 is 9.53 Å². The van der Waals surface area contributed by atoms with Crippen molar-refractivity contribution in [3.05, 3.63) is 66.4 Å². The zero-order chi connectivity index (χ0) is 23.3. The van der Waals surface area contributed by atoms with Crippen LogP contribution in [0.25, 0.3) is 10.9 Å². The number of amides is 1. The fourth-order valence-corrected chi connectivity index (χ4v) is 4.92. The lowest BCUT2D eigenvalue weighted by atomic mass is 10.1. The molecule has 1 aromatic heterocycles. The van der Waals surface area contributed by atoms with Crippen molar-refractivity contribution in [1.29, 1.82) is 5.26 Å². The van der Waals surface area contributed by atoms with Crippen LogP contribution >= 0.6 is 0 Å². The predicted octanol–water partition coefficient (Wildman–Crippen LogP) is 3.81. The highest BCUT2D eigenvalue weighted by molar-refractivity contribution is 5.95. The molecule has 1 amide bonds. The van der Waals surface area contributed by atoms with Gasteiger partial charge in [0.2, 0.25) is 5.91 Å². The molecule has 2 aliphatic heterocycles. The Bertz CT molecular complexity index is 1190. The van der Waals surface area contributed by atoms with Gasteiger partial charge in [-0.25, -0.2) is 0 Å². The molecule has 0 aliphatic carbocycles. The first kappa shape index (κ1) is 22.2. The Morgan fingerprint density at radius 2 is 2.00 bits per heavy atom. The molecule has 5 rings (SSSR count). The zero-order valence-electron chi connectivity index (χ0n) is 19.2. The summed E-state index contributed by atoms with van der Waals surface area (Å²) < 4.78 is 6.09. The molecule has 1 unspecified atom stereocenters. The average molecular weight is 456 g/mol. The summed E-state index contributed by atoms with van der Waals surface area (Å²) in [5.41, 5.74) is 2.98. The molecular formula is C27H29N5O2. The standard InChI is InChI=1S/C27H29N5O2/c28-16-22-8-5-14-32(22)26(33)18-31-15-12-21(17-31)30-24-10-11-25(27-23(24)9-4-13-29-27)34-19-20-6-2-1-3-7-20/h1-4,6-7,9-11,13,21-22,30H,5,8,12,14-15,17-19H2/t21-,22?/m0/s1. The second kappa shape index (κ2) is 10.1. The molecule has 0 radical (unpaired) electrons. The minimum absolute atomic E-state index is 0.0688. The minimum atomic E-state index is -0.259. The maximum Gasteiger partial charge on any atom is 0.237 e. The first-order valence-electron chi connectivity index (χ1n) is 11.9. The van der Waals surface area contributed by atoms with Gasteiger partial charge in [-0.15, -0.1) is 0 Å². The van der Waals surface area contributed by atoms with Gasteiger partial charge in [-0.1, -0.05) is 30.3 Å². The SMILES string of the molecule is N#CC1CCCN1C(=O)CN1CC[C@H](Nc2ccc(OCc3ccccc3)c3ncccc23)C1. The highest BCUT2D eigenvalue weighted by atomic mass is 16.5. The number of aromatic nitrogens is 1. The number of pyridine rings is 1. The Morgan fingerprint density at radius 3 is 2.85 bits per heavy atom. The van der Waals surface area contributed by atoms with Gasteiger partial charge in [0.1, 0.15) is 23.9 Å². The first-order chi connectivity index (χ1) is 16.7. The molecule has 0 spiro atoms. The lowest BCUT2D eigenvalue weighted by Crippen LogP contribution is -2.42. The van der Waals surface area contributed by atoms with Crippen LogP contribution in [0.1, 0.15) is 24.8 Å². The van der Waals surface area contributed by atoms with Crippen LogP contribution in [0.15, 0.2) is 60.8 Å². The summed E-state index contributed by atoms with van der Waals surface area (Å²) >= 11 is 0. The largest absolute Gasteiger partial charge is 0.487 e. The van der Waals surface area contributed by atoms with Gasteiger partial charge in [0.25, 0.3) is 0 Å². The summed E-state index contributed by atoms with van der Waals surface area (Å²) in [5.74, 6) is 0.834. The second-order valence-corrected chi connectivity index (χ2v) is 9.02. The first-order valence-corrected chi connectivity index (χ1v) is 11.9. The molecule has 174 valence electrons. The number of rotatable bonds is 7. The van der Waals surface area contributed by atoms with Crippen LogP contribution < -0.4 is 10.1 Å². The summed E-state index contributed by atoms with van der Waals surface area (Å²) in [6.07, 6.45) is 4.46. The smallest absolute Gasteiger partial charge is 0.237 e. The van der Waals surface area contributed by atoms with Crippen molar-refractivity contribution in [3.63, 3.8) is 0 Å². The predicted molar refractivity (Wildman–Crippen MR) is 131 cm³/mol. The van der Waals surface area contributed by atoms with Crippen LogP contribution in [-0.4, -0.2) is 59.0 Å². The lowest BCUT2D eigenvalue weighted by molar-refractivity contribution is -0.132. The molecule has 2 aliphatic rings. The highest BCUT2D eigenvalue weighted by Gasteiger charge is 2.31. The van der Waals surface area contributed by atoms with Crippen molar-refractivity contribution in [1.82, 2.24) is 14.8 Å². The molecule has 0 saturated carbocycles. The van der Waals surface area contributed by atoms with Crippen LogP contribution in [0, 0.1) is 11.3 Å². The molecule has 3 heterocycles. The van der Waals surface area contributed by atoms with Crippen molar-refractivity contribution in [2.45, 2.75) is 38.0 Å².